The number of rotatable bonds is 2. The van der Waals surface area contributed by atoms with E-state index < -0.39 is 11.7 Å². The van der Waals surface area contributed by atoms with Crippen LogP contribution in [0.4, 0.5) is 13.2 Å². The van der Waals surface area contributed by atoms with Gasteiger partial charge in [-0.25, -0.2) is 0 Å². The molecular formula is C14H20ClF3N2. The predicted octanol–water partition coefficient (Wildman–Crippen LogP) is 3.23. The highest BCUT2D eigenvalue weighted by molar-refractivity contribution is 5.85. The minimum absolute atomic E-state index is 0. The Morgan fingerprint density at radius 2 is 1.95 bits per heavy atom. The van der Waals surface area contributed by atoms with Crippen molar-refractivity contribution in [3.8, 4) is 0 Å². The van der Waals surface area contributed by atoms with Gasteiger partial charge < -0.3 is 5.32 Å². The zero-order chi connectivity index (χ0) is 13.9. The molecule has 0 amide bonds. The molecule has 0 bridgehead atoms. The van der Waals surface area contributed by atoms with Crippen molar-refractivity contribution >= 4 is 12.4 Å². The first-order valence-corrected chi connectivity index (χ1v) is 6.56. The van der Waals surface area contributed by atoms with Gasteiger partial charge in [-0.3, -0.25) is 4.90 Å². The molecule has 1 fully saturated rings. The van der Waals surface area contributed by atoms with Gasteiger partial charge in [0.05, 0.1) is 5.56 Å². The smallest absolute Gasteiger partial charge is 0.315 e. The van der Waals surface area contributed by atoms with Crippen LogP contribution in [0.15, 0.2) is 18.2 Å². The highest BCUT2D eigenvalue weighted by atomic mass is 35.5. The quantitative estimate of drug-likeness (QED) is 0.902. The first-order chi connectivity index (χ1) is 8.97. The Hall–Kier alpha value is -0.780. The van der Waals surface area contributed by atoms with Crippen molar-refractivity contribution in [2.75, 3.05) is 26.2 Å². The molecule has 6 heteroatoms. The monoisotopic (exact) mass is 308 g/mol. The highest BCUT2D eigenvalue weighted by Gasteiger charge is 2.30. The maximum atomic E-state index is 12.6. The molecule has 1 aromatic carbocycles. The Morgan fingerprint density at radius 1 is 1.20 bits per heavy atom. The molecule has 0 saturated carbocycles. The summed E-state index contributed by atoms with van der Waals surface area (Å²) in [5.41, 5.74) is 1.13. The van der Waals surface area contributed by atoms with Crippen molar-refractivity contribution < 1.29 is 13.2 Å². The van der Waals surface area contributed by atoms with Crippen molar-refractivity contribution in [1.29, 1.82) is 0 Å². The van der Waals surface area contributed by atoms with E-state index in [2.05, 4.69) is 10.2 Å². The topological polar surface area (TPSA) is 15.3 Å². The summed E-state index contributed by atoms with van der Waals surface area (Å²) in [5, 5.41) is 3.32. The van der Waals surface area contributed by atoms with E-state index in [-0.39, 0.29) is 12.4 Å². The number of aryl methyl sites for hydroxylation is 1. The standard InChI is InChI=1S/C14H19F3N2.ClH/c1-11-9-13(14(15,16)17)4-3-12(11)10-19-7-2-5-18-6-8-19;/h3-4,9,18H,2,5-8,10H2,1H3;1H. The summed E-state index contributed by atoms with van der Waals surface area (Å²) in [6, 6.07) is 4.03. The lowest BCUT2D eigenvalue weighted by Gasteiger charge is -2.21. The molecule has 0 aliphatic carbocycles. The molecule has 0 aromatic heterocycles. The van der Waals surface area contributed by atoms with E-state index in [9.17, 15) is 13.2 Å². The van der Waals surface area contributed by atoms with Gasteiger partial charge in [-0.15, -0.1) is 12.4 Å². The van der Waals surface area contributed by atoms with Crippen LogP contribution in [0, 0.1) is 6.92 Å². The molecule has 2 rings (SSSR count). The van der Waals surface area contributed by atoms with Gasteiger partial charge in [-0.1, -0.05) is 6.07 Å². The van der Waals surface area contributed by atoms with Crippen molar-refractivity contribution in [2.45, 2.75) is 26.1 Å². The van der Waals surface area contributed by atoms with Gasteiger partial charge in [-0.05, 0) is 49.7 Å². The maximum Gasteiger partial charge on any atom is 0.416 e. The number of benzene rings is 1. The predicted molar refractivity (Wildman–Crippen MR) is 76.2 cm³/mol. The molecule has 0 spiro atoms. The van der Waals surface area contributed by atoms with E-state index in [0.29, 0.717) is 5.56 Å². The molecule has 1 N–H and O–H groups in total. The van der Waals surface area contributed by atoms with Crippen LogP contribution < -0.4 is 5.32 Å². The summed E-state index contributed by atoms with van der Waals surface area (Å²) < 4.78 is 37.8. The van der Waals surface area contributed by atoms with Crippen LogP contribution in [0.25, 0.3) is 0 Å². The van der Waals surface area contributed by atoms with E-state index in [4.69, 9.17) is 0 Å². The average molecular weight is 309 g/mol. The fourth-order valence-corrected chi connectivity index (χ4v) is 2.35. The van der Waals surface area contributed by atoms with Crippen molar-refractivity contribution in [2.24, 2.45) is 0 Å². The Kier molecular flexibility index (Phi) is 6.30. The average Bonchev–Trinajstić information content (AvgIpc) is 2.59. The lowest BCUT2D eigenvalue weighted by atomic mass is 10.0. The van der Waals surface area contributed by atoms with Crippen molar-refractivity contribution in [3.63, 3.8) is 0 Å². The molecule has 0 atom stereocenters. The maximum absolute atomic E-state index is 12.6. The van der Waals surface area contributed by atoms with Crippen LogP contribution >= 0.6 is 12.4 Å². The number of nitrogens with one attached hydrogen (secondary N) is 1. The molecule has 0 unspecified atom stereocenters. The number of hydrogen-bond acceptors (Lipinski definition) is 2. The molecular weight excluding hydrogens is 289 g/mol. The Morgan fingerprint density at radius 3 is 2.60 bits per heavy atom. The van der Waals surface area contributed by atoms with Gasteiger partial charge in [-0.2, -0.15) is 13.2 Å². The van der Waals surface area contributed by atoms with E-state index in [1.807, 2.05) is 0 Å². The number of alkyl halides is 3. The Balaban J connectivity index is 0.00000200. The zero-order valence-corrected chi connectivity index (χ0v) is 12.3. The van der Waals surface area contributed by atoms with E-state index in [1.54, 1.807) is 13.0 Å². The van der Waals surface area contributed by atoms with Gasteiger partial charge in [0.15, 0.2) is 0 Å². The number of hydrogen-bond donors (Lipinski definition) is 1. The number of nitrogens with zero attached hydrogens (tertiary/aromatic N) is 1. The minimum Gasteiger partial charge on any atom is -0.315 e. The van der Waals surface area contributed by atoms with Crippen LogP contribution in [-0.4, -0.2) is 31.1 Å². The summed E-state index contributed by atoms with van der Waals surface area (Å²) in [5.74, 6) is 0. The summed E-state index contributed by atoms with van der Waals surface area (Å²) in [4.78, 5) is 2.29. The van der Waals surface area contributed by atoms with Gasteiger partial charge in [0.1, 0.15) is 0 Å². The Bertz CT molecular complexity index is 427. The third kappa shape index (κ3) is 4.65. The minimum atomic E-state index is -4.25. The van der Waals surface area contributed by atoms with Crippen LogP contribution in [0.5, 0.6) is 0 Å². The summed E-state index contributed by atoms with van der Waals surface area (Å²) >= 11 is 0. The molecule has 20 heavy (non-hydrogen) atoms. The molecule has 1 aliphatic rings. The molecule has 2 nitrogen and oxygen atoms in total. The second kappa shape index (κ2) is 7.29. The third-order valence-electron chi connectivity index (χ3n) is 3.50. The van der Waals surface area contributed by atoms with Crippen molar-refractivity contribution in [3.05, 3.63) is 34.9 Å². The molecule has 114 valence electrons. The SMILES string of the molecule is Cc1cc(C(F)(F)F)ccc1CN1CCCNCC1.Cl. The second-order valence-electron chi connectivity index (χ2n) is 5.02. The van der Waals surface area contributed by atoms with E-state index in [0.717, 1.165) is 44.7 Å². The molecule has 1 saturated heterocycles. The lowest BCUT2D eigenvalue weighted by molar-refractivity contribution is -0.137. The van der Waals surface area contributed by atoms with E-state index in [1.165, 1.54) is 12.1 Å². The van der Waals surface area contributed by atoms with Crippen molar-refractivity contribution in [1.82, 2.24) is 10.2 Å². The fourth-order valence-electron chi connectivity index (χ4n) is 2.35. The Labute approximate surface area is 123 Å². The van der Waals surface area contributed by atoms with Crippen LogP contribution in [-0.2, 0) is 12.7 Å². The van der Waals surface area contributed by atoms with Gasteiger partial charge in [0.25, 0.3) is 0 Å². The third-order valence-corrected chi connectivity index (χ3v) is 3.50. The summed E-state index contributed by atoms with van der Waals surface area (Å²) in [6.45, 7) is 6.38. The summed E-state index contributed by atoms with van der Waals surface area (Å²) in [6.07, 6.45) is -3.17. The normalized spacial score (nSPS) is 17.4. The van der Waals surface area contributed by atoms with Crippen LogP contribution in [0.3, 0.4) is 0 Å². The highest BCUT2D eigenvalue weighted by Crippen LogP contribution is 2.30. The first kappa shape index (κ1) is 17.3. The number of halogens is 4. The zero-order valence-electron chi connectivity index (χ0n) is 11.5. The van der Waals surface area contributed by atoms with Crippen LogP contribution in [0.1, 0.15) is 23.1 Å². The van der Waals surface area contributed by atoms with E-state index >= 15 is 0 Å². The lowest BCUT2D eigenvalue weighted by Crippen LogP contribution is -2.28. The first-order valence-electron chi connectivity index (χ1n) is 6.56. The molecule has 1 heterocycles. The molecule has 1 aliphatic heterocycles. The second-order valence-corrected chi connectivity index (χ2v) is 5.02. The fraction of sp³-hybridized carbons (Fsp3) is 0.571. The largest absolute Gasteiger partial charge is 0.416 e. The summed E-state index contributed by atoms with van der Waals surface area (Å²) in [7, 11) is 0. The molecule has 1 aromatic rings. The van der Waals surface area contributed by atoms with Crippen LogP contribution in [0.2, 0.25) is 0 Å². The van der Waals surface area contributed by atoms with Gasteiger partial charge in [0.2, 0.25) is 0 Å². The molecule has 0 radical (unpaired) electrons. The van der Waals surface area contributed by atoms with Gasteiger partial charge in [0, 0.05) is 19.6 Å². The van der Waals surface area contributed by atoms with Gasteiger partial charge >= 0.3 is 6.18 Å².